The largest absolute Gasteiger partial charge is 0.460 e. The quantitative estimate of drug-likeness (QED) is 0.696. The van der Waals surface area contributed by atoms with Crippen LogP contribution in [0, 0.1) is 0 Å². The fraction of sp³-hybridized carbons (Fsp3) is 0.533. The van der Waals surface area contributed by atoms with Gasteiger partial charge in [-0.25, -0.2) is 0 Å². The average molecular weight is 249 g/mol. The van der Waals surface area contributed by atoms with Crippen molar-refractivity contribution in [2.24, 2.45) is 0 Å². The maximum Gasteiger partial charge on any atom is 0.323 e. The van der Waals surface area contributed by atoms with Gasteiger partial charge in [0.15, 0.2) is 0 Å². The Hall–Kier alpha value is -1.35. The van der Waals surface area contributed by atoms with E-state index in [1.807, 2.05) is 44.3 Å². The summed E-state index contributed by atoms with van der Waals surface area (Å²) < 4.78 is 5.37. The van der Waals surface area contributed by atoms with Crippen molar-refractivity contribution < 1.29 is 9.53 Å². The van der Waals surface area contributed by atoms with Crippen LogP contribution < -0.4 is 0 Å². The Bertz CT molecular complexity index is 351. The van der Waals surface area contributed by atoms with Gasteiger partial charge in [-0.1, -0.05) is 44.2 Å². The van der Waals surface area contributed by atoms with Crippen LogP contribution in [0.4, 0.5) is 0 Å². The molecule has 1 aromatic carbocycles. The van der Waals surface area contributed by atoms with Crippen LogP contribution in [0.3, 0.4) is 0 Å². The first-order valence-corrected chi connectivity index (χ1v) is 6.59. The van der Waals surface area contributed by atoms with E-state index in [1.165, 1.54) is 0 Å². The van der Waals surface area contributed by atoms with Crippen molar-refractivity contribution in [3.05, 3.63) is 35.9 Å². The summed E-state index contributed by atoms with van der Waals surface area (Å²) in [4.78, 5) is 14.1. The van der Waals surface area contributed by atoms with Gasteiger partial charge in [0.1, 0.15) is 12.6 Å². The Morgan fingerprint density at radius 1 is 1.28 bits per heavy atom. The summed E-state index contributed by atoms with van der Waals surface area (Å²) >= 11 is 0. The Kier molecular flexibility index (Phi) is 6.44. The van der Waals surface area contributed by atoms with E-state index in [-0.39, 0.29) is 12.0 Å². The predicted molar refractivity (Wildman–Crippen MR) is 73.2 cm³/mol. The molecule has 0 heterocycles. The Morgan fingerprint density at radius 2 is 1.94 bits per heavy atom. The van der Waals surface area contributed by atoms with Gasteiger partial charge in [0.25, 0.3) is 0 Å². The summed E-state index contributed by atoms with van der Waals surface area (Å²) in [5.74, 6) is -0.127. The van der Waals surface area contributed by atoms with Crippen molar-refractivity contribution in [2.75, 3.05) is 13.6 Å². The molecular weight excluding hydrogens is 226 g/mol. The maximum absolute atomic E-state index is 12.0. The van der Waals surface area contributed by atoms with E-state index in [2.05, 4.69) is 11.8 Å². The number of hydrogen-bond donors (Lipinski definition) is 0. The highest BCUT2D eigenvalue weighted by molar-refractivity contribution is 5.75. The molecule has 0 bridgehead atoms. The molecule has 1 aromatic rings. The van der Waals surface area contributed by atoms with E-state index in [0.29, 0.717) is 6.61 Å². The van der Waals surface area contributed by atoms with Crippen molar-refractivity contribution in [3.63, 3.8) is 0 Å². The highest BCUT2D eigenvalue weighted by atomic mass is 16.5. The number of ether oxygens (including phenoxy) is 1. The molecule has 0 aliphatic rings. The van der Waals surface area contributed by atoms with Crippen molar-refractivity contribution in [2.45, 2.75) is 39.3 Å². The third-order valence-corrected chi connectivity index (χ3v) is 2.99. The van der Waals surface area contributed by atoms with Gasteiger partial charge in [0, 0.05) is 0 Å². The SMILES string of the molecule is CCCN(C)C(CC)C(=O)OCc1ccccc1. The van der Waals surface area contributed by atoms with Crippen LogP contribution in [0.5, 0.6) is 0 Å². The third kappa shape index (κ3) is 4.49. The lowest BCUT2D eigenvalue weighted by molar-refractivity contribution is -0.151. The van der Waals surface area contributed by atoms with Crippen LogP contribution in [-0.4, -0.2) is 30.5 Å². The van der Waals surface area contributed by atoms with Crippen molar-refractivity contribution in [1.82, 2.24) is 4.90 Å². The van der Waals surface area contributed by atoms with Crippen molar-refractivity contribution in [1.29, 1.82) is 0 Å². The number of carbonyl (C=O) groups is 1. The second kappa shape index (κ2) is 7.88. The molecule has 1 unspecified atom stereocenters. The van der Waals surface area contributed by atoms with Crippen LogP contribution in [0.1, 0.15) is 32.3 Å². The molecule has 0 aliphatic heterocycles. The predicted octanol–water partition coefficient (Wildman–Crippen LogP) is 2.85. The summed E-state index contributed by atoms with van der Waals surface area (Å²) in [6.45, 7) is 5.40. The first-order chi connectivity index (χ1) is 8.69. The monoisotopic (exact) mass is 249 g/mol. The second-order valence-corrected chi connectivity index (χ2v) is 4.50. The molecule has 0 N–H and O–H groups in total. The van der Waals surface area contributed by atoms with E-state index >= 15 is 0 Å². The highest BCUT2D eigenvalue weighted by Gasteiger charge is 2.22. The van der Waals surface area contributed by atoms with Crippen LogP contribution in [0.2, 0.25) is 0 Å². The lowest BCUT2D eigenvalue weighted by atomic mass is 10.2. The molecule has 100 valence electrons. The molecule has 1 rings (SSSR count). The topological polar surface area (TPSA) is 29.5 Å². The highest BCUT2D eigenvalue weighted by Crippen LogP contribution is 2.08. The van der Waals surface area contributed by atoms with Crippen LogP contribution >= 0.6 is 0 Å². The van der Waals surface area contributed by atoms with Gasteiger partial charge in [-0.3, -0.25) is 9.69 Å². The number of esters is 1. The van der Waals surface area contributed by atoms with E-state index in [0.717, 1.165) is 24.9 Å². The summed E-state index contributed by atoms with van der Waals surface area (Å²) in [5.41, 5.74) is 1.03. The minimum Gasteiger partial charge on any atom is -0.460 e. The standard InChI is InChI=1S/C15H23NO2/c1-4-11-16(3)14(5-2)15(17)18-12-13-9-7-6-8-10-13/h6-10,14H,4-5,11-12H2,1-3H3. The Labute approximate surface area is 110 Å². The molecule has 3 heteroatoms. The first-order valence-electron chi connectivity index (χ1n) is 6.59. The van der Waals surface area contributed by atoms with Gasteiger partial charge in [0.05, 0.1) is 0 Å². The number of hydrogen-bond acceptors (Lipinski definition) is 3. The molecule has 0 aliphatic carbocycles. The molecule has 0 aromatic heterocycles. The molecule has 0 fully saturated rings. The van der Waals surface area contributed by atoms with Gasteiger partial charge >= 0.3 is 5.97 Å². The number of benzene rings is 1. The minimum atomic E-state index is -0.131. The summed E-state index contributed by atoms with van der Waals surface area (Å²) in [6, 6.07) is 9.64. The average Bonchev–Trinajstić information content (AvgIpc) is 2.39. The summed E-state index contributed by atoms with van der Waals surface area (Å²) in [5, 5.41) is 0. The number of likely N-dealkylation sites (N-methyl/N-ethyl adjacent to an activating group) is 1. The lowest BCUT2D eigenvalue weighted by Gasteiger charge is -2.24. The van der Waals surface area contributed by atoms with Crippen molar-refractivity contribution >= 4 is 5.97 Å². The second-order valence-electron chi connectivity index (χ2n) is 4.50. The summed E-state index contributed by atoms with van der Waals surface area (Å²) in [6.07, 6.45) is 1.82. The van der Waals surface area contributed by atoms with Gasteiger partial charge in [-0.05, 0) is 32.0 Å². The lowest BCUT2D eigenvalue weighted by Crippen LogP contribution is -2.39. The normalized spacial score (nSPS) is 12.4. The van der Waals surface area contributed by atoms with Crippen molar-refractivity contribution in [3.8, 4) is 0 Å². The van der Waals surface area contributed by atoms with Gasteiger partial charge in [0.2, 0.25) is 0 Å². The van der Waals surface area contributed by atoms with Crippen LogP contribution in [0.15, 0.2) is 30.3 Å². The molecule has 0 radical (unpaired) electrons. The molecule has 18 heavy (non-hydrogen) atoms. The molecular formula is C15H23NO2. The van der Waals surface area contributed by atoms with E-state index in [4.69, 9.17) is 4.74 Å². The number of carbonyl (C=O) groups excluding carboxylic acids is 1. The van der Waals surface area contributed by atoms with E-state index in [9.17, 15) is 4.79 Å². The fourth-order valence-corrected chi connectivity index (χ4v) is 1.99. The zero-order chi connectivity index (χ0) is 13.4. The smallest absolute Gasteiger partial charge is 0.323 e. The van der Waals surface area contributed by atoms with E-state index in [1.54, 1.807) is 0 Å². The third-order valence-electron chi connectivity index (χ3n) is 2.99. The molecule has 0 amide bonds. The molecule has 0 spiro atoms. The van der Waals surface area contributed by atoms with Crippen LogP contribution in [0.25, 0.3) is 0 Å². The molecule has 0 saturated carbocycles. The van der Waals surface area contributed by atoms with Gasteiger partial charge < -0.3 is 4.74 Å². The summed E-state index contributed by atoms with van der Waals surface area (Å²) in [7, 11) is 1.97. The minimum absolute atomic E-state index is 0.127. The molecule has 0 saturated heterocycles. The number of rotatable bonds is 7. The van der Waals surface area contributed by atoms with Crippen LogP contribution in [-0.2, 0) is 16.1 Å². The fourth-order valence-electron chi connectivity index (χ4n) is 1.99. The zero-order valence-electron chi connectivity index (χ0n) is 11.6. The Morgan fingerprint density at radius 3 is 2.50 bits per heavy atom. The first kappa shape index (κ1) is 14.7. The van der Waals surface area contributed by atoms with Gasteiger partial charge in [-0.15, -0.1) is 0 Å². The molecule has 3 nitrogen and oxygen atoms in total. The van der Waals surface area contributed by atoms with E-state index < -0.39 is 0 Å². The van der Waals surface area contributed by atoms with Gasteiger partial charge in [-0.2, -0.15) is 0 Å². The number of nitrogens with zero attached hydrogens (tertiary/aromatic N) is 1. The molecule has 1 atom stereocenters. The maximum atomic E-state index is 12.0. The zero-order valence-corrected chi connectivity index (χ0v) is 11.6. The Balaban J connectivity index is 2.47.